The summed E-state index contributed by atoms with van der Waals surface area (Å²) in [6, 6.07) is 15.9. The average molecular weight is 481 g/mol. The summed E-state index contributed by atoms with van der Waals surface area (Å²) < 4.78 is 10.4. The fourth-order valence-electron chi connectivity index (χ4n) is 3.18. The van der Waals surface area contributed by atoms with Crippen molar-refractivity contribution in [3.63, 3.8) is 0 Å². The lowest BCUT2D eigenvalue weighted by atomic mass is 10.0. The quantitative estimate of drug-likeness (QED) is 0.250. The molecule has 0 aliphatic heterocycles. The molecular weight excluding hydrogens is 460 g/mol. The van der Waals surface area contributed by atoms with Crippen LogP contribution in [0, 0.1) is 18.3 Å². The molecule has 0 aliphatic rings. The predicted octanol–water partition coefficient (Wildman–Crippen LogP) is 6.11. The summed E-state index contributed by atoms with van der Waals surface area (Å²) in [6.45, 7) is 3.75. The smallest absolute Gasteiger partial charge is 0.341 e. The van der Waals surface area contributed by atoms with Gasteiger partial charge in [0.25, 0.3) is 5.91 Å². The third kappa shape index (κ3) is 5.61. The van der Waals surface area contributed by atoms with E-state index in [1.54, 1.807) is 62.6 Å². The number of methoxy groups -OCH3 is 1. The van der Waals surface area contributed by atoms with Gasteiger partial charge in [-0.05, 0) is 55.3 Å². The molecule has 6 nitrogen and oxygen atoms in total. The SMILES string of the molecule is CCOC(=O)c1c(NC(=O)C(C#N)=Cc2ccc(OC)cc2)sc(C)c1-c1ccc(Cl)cc1. The van der Waals surface area contributed by atoms with Crippen molar-refractivity contribution in [2.75, 3.05) is 19.0 Å². The van der Waals surface area contributed by atoms with Crippen LogP contribution in [0.5, 0.6) is 5.75 Å². The maximum atomic E-state index is 12.9. The van der Waals surface area contributed by atoms with Crippen LogP contribution in [0.3, 0.4) is 0 Å². The van der Waals surface area contributed by atoms with Crippen molar-refractivity contribution in [3.05, 3.63) is 75.1 Å². The summed E-state index contributed by atoms with van der Waals surface area (Å²) >= 11 is 7.25. The van der Waals surface area contributed by atoms with E-state index in [2.05, 4.69) is 5.32 Å². The van der Waals surface area contributed by atoms with Crippen molar-refractivity contribution in [2.45, 2.75) is 13.8 Å². The van der Waals surface area contributed by atoms with E-state index in [1.807, 2.05) is 13.0 Å². The number of nitriles is 1. The van der Waals surface area contributed by atoms with Gasteiger partial charge in [0.15, 0.2) is 0 Å². The number of esters is 1. The first-order chi connectivity index (χ1) is 15.9. The molecule has 3 rings (SSSR count). The van der Waals surface area contributed by atoms with E-state index >= 15 is 0 Å². The van der Waals surface area contributed by atoms with Gasteiger partial charge in [0.05, 0.1) is 13.7 Å². The zero-order valence-electron chi connectivity index (χ0n) is 18.3. The molecule has 1 N–H and O–H groups in total. The Morgan fingerprint density at radius 3 is 2.39 bits per heavy atom. The van der Waals surface area contributed by atoms with Gasteiger partial charge < -0.3 is 14.8 Å². The second kappa shape index (κ2) is 10.8. The van der Waals surface area contributed by atoms with Crippen LogP contribution < -0.4 is 10.1 Å². The Labute approximate surface area is 201 Å². The van der Waals surface area contributed by atoms with E-state index in [-0.39, 0.29) is 17.7 Å². The Morgan fingerprint density at radius 2 is 1.82 bits per heavy atom. The summed E-state index contributed by atoms with van der Waals surface area (Å²) in [7, 11) is 1.56. The molecule has 0 atom stereocenters. The Morgan fingerprint density at radius 1 is 1.15 bits per heavy atom. The van der Waals surface area contributed by atoms with Crippen LogP contribution in [0.25, 0.3) is 17.2 Å². The van der Waals surface area contributed by atoms with Crippen molar-refractivity contribution in [1.29, 1.82) is 5.26 Å². The summed E-state index contributed by atoms with van der Waals surface area (Å²) in [6.07, 6.45) is 1.47. The van der Waals surface area contributed by atoms with Crippen molar-refractivity contribution < 1.29 is 19.1 Å². The first-order valence-electron chi connectivity index (χ1n) is 10.0. The van der Waals surface area contributed by atoms with Crippen molar-refractivity contribution in [1.82, 2.24) is 0 Å². The topological polar surface area (TPSA) is 88.4 Å². The molecule has 168 valence electrons. The van der Waals surface area contributed by atoms with Crippen LogP contribution in [0.4, 0.5) is 5.00 Å². The predicted molar refractivity (Wildman–Crippen MR) is 131 cm³/mol. The number of hydrogen-bond acceptors (Lipinski definition) is 6. The molecular formula is C25H21ClN2O4S. The number of benzene rings is 2. The summed E-state index contributed by atoms with van der Waals surface area (Å²) in [5, 5.41) is 13.2. The Bertz CT molecular complexity index is 1240. The summed E-state index contributed by atoms with van der Waals surface area (Å²) in [4.78, 5) is 26.6. The maximum absolute atomic E-state index is 12.9. The second-order valence-electron chi connectivity index (χ2n) is 6.86. The van der Waals surface area contributed by atoms with E-state index in [1.165, 1.54) is 17.4 Å². The zero-order chi connectivity index (χ0) is 24.0. The van der Waals surface area contributed by atoms with Gasteiger partial charge in [-0.15, -0.1) is 11.3 Å². The monoisotopic (exact) mass is 480 g/mol. The number of aryl methyl sites for hydroxylation is 1. The van der Waals surface area contributed by atoms with E-state index in [0.717, 1.165) is 10.4 Å². The molecule has 2 aromatic carbocycles. The number of thiophene rings is 1. The van der Waals surface area contributed by atoms with Gasteiger partial charge in [0.2, 0.25) is 0 Å². The first-order valence-corrected chi connectivity index (χ1v) is 11.2. The summed E-state index contributed by atoms with van der Waals surface area (Å²) in [5.41, 5.74) is 2.23. The molecule has 1 aromatic heterocycles. The van der Waals surface area contributed by atoms with E-state index in [0.29, 0.717) is 26.9 Å². The normalized spacial score (nSPS) is 10.9. The highest BCUT2D eigenvalue weighted by Crippen LogP contribution is 2.41. The Kier molecular flexibility index (Phi) is 7.88. The van der Waals surface area contributed by atoms with Crippen LogP contribution in [-0.4, -0.2) is 25.6 Å². The third-order valence-corrected chi connectivity index (χ3v) is 5.99. The van der Waals surface area contributed by atoms with Crippen molar-refractivity contribution in [3.8, 4) is 22.9 Å². The Hall–Kier alpha value is -3.60. The lowest BCUT2D eigenvalue weighted by Crippen LogP contribution is -2.16. The number of halogens is 1. The first kappa shape index (κ1) is 24.1. The number of nitrogens with zero attached hydrogens (tertiary/aromatic N) is 1. The maximum Gasteiger partial charge on any atom is 0.341 e. The molecule has 1 amide bonds. The lowest BCUT2D eigenvalue weighted by molar-refractivity contribution is -0.112. The largest absolute Gasteiger partial charge is 0.497 e. The van der Waals surface area contributed by atoms with Gasteiger partial charge in [-0.2, -0.15) is 5.26 Å². The van der Waals surface area contributed by atoms with E-state index < -0.39 is 11.9 Å². The second-order valence-corrected chi connectivity index (χ2v) is 8.52. The molecule has 0 unspecified atom stereocenters. The molecule has 8 heteroatoms. The van der Waals surface area contributed by atoms with E-state index in [4.69, 9.17) is 21.1 Å². The number of anilines is 1. The molecule has 0 radical (unpaired) electrons. The van der Waals surface area contributed by atoms with Crippen LogP contribution in [-0.2, 0) is 9.53 Å². The number of nitrogens with one attached hydrogen (secondary N) is 1. The molecule has 0 saturated heterocycles. The third-order valence-electron chi connectivity index (χ3n) is 4.72. The van der Waals surface area contributed by atoms with Gasteiger partial charge >= 0.3 is 5.97 Å². The number of hydrogen-bond donors (Lipinski definition) is 1. The number of rotatable bonds is 7. The lowest BCUT2D eigenvalue weighted by Gasteiger charge is -2.09. The van der Waals surface area contributed by atoms with Crippen molar-refractivity contribution >= 4 is 45.9 Å². The zero-order valence-corrected chi connectivity index (χ0v) is 19.8. The molecule has 33 heavy (non-hydrogen) atoms. The van der Waals surface area contributed by atoms with Gasteiger partial charge in [-0.25, -0.2) is 4.79 Å². The number of ether oxygens (including phenoxy) is 2. The summed E-state index contributed by atoms with van der Waals surface area (Å²) in [5.74, 6) is -0.513. The van der Waals surface area contributed by atoms with Crippen molar-refractivity contribution in [2.24, 2.45) is 0 Å². The molecule has 0 aliphatic carbocycles. The highest BCUT2D eigenvalue weighted by molar-refractivity contribution is 7.17. The fraction of sp³-hybridized carbons (Fsp3) is 0.160. The minimum atomic E-state index is -0.622. The van der Waals surface area contributed by atoms with E-state index in [9.17, 15) is 14.9 Å². The molecule has 1 heterocycles. The molecule has 0 fully saturated rings. The minimum Gasteiger partial charge on any atom is -0.497 e. The standard InChI is InChI=1S/C25H21ClN2O4S/c1-4-32-25(30)22-21(17-7-9-19(26)10-8-17)15(2)33-24(22)28-23(29)18(14-27)13-16-5-11-20(31-3)12-6-16/h5-13H,4H2,1-3H3,(H,28,29). The number of amides is 1. The van der Waals surface area contributed by atoms with Crippen LogP contribution in [0.2, 0.25) is 5.02 Å². The average Bonchev–Trinajstić information content (AvgIpc) is 3.13. The van der Waals surface area contributed by atoms with Crippen LogP contribution >= 0.6 is 22.9 Å². The highest BCUT2D eigenvalue weighted by atomic mass is 35.5. The number of carbonyl (C=O) groups excluding carboxylic acids is 2. The molecule has 0 saturated carbocycles. The van der Waals surface area contributed by atoms with Gasteiger partial charge in [0, 0.05) is 15.5 Å². The molecule has 3 aromatic rings. The van der Waals surface area contributed by atoms with Crippen LogP contribution in [0.15, 0.2) is 54.1 Å². The number of carbonyl (C=O) groups is 2. The van der Waals surface area contributed by atoms with Crippen LogP contribution in [0.1, 0.15) is 27.7 Å². The highest BCUT2D eigenvalue weighted by Gasteiger charge is 2.26. The molecule has 0 spiro atoms. The van der Waals surface area contributed by atoms with Gasteiger partial charge in [-0.3, -0.25) is 4.79 Å². The fourth-order valence-corrected chi connectivity index (χ4v) is 4.37. The van der Waals surface area contributed by atoms with Gasteiger partial charge in [0.1, 0.15) is 28.0 Å². The van der Waals surface area contributed by atoms with Gasteiger partial charge in [-0.1, -0.05) is 35.9 Å². The molecule has 0 bridgehead atoms. The Balaban J connectivity index is 1.99. The minimum absolute atomic E-state index is 0.103.